The van der Waals surface area contributed by atoms with Crippen molar-refractivity contribution in [1.29, 1.82) is 0 Å². The predicted octanol–water partition coefficient (Wildman–Crippen LogP) is 1.50. The zero-order valence-electron chi connectivity index (χ0n) is 8.45. The molecule has 4 nitrogen and oxygen atoms in total. The molecule has 0 saturated heterocycles. The van der Waals surface area contributed by atoms with Crippen molar-refractivity contribution in [2.45, 2.75) is 33.1 Å². The summed E-state index contributed by atoms with van der Waals surface area (Å²) in [5.74, 6) is -0.756. The van der Waals surface area contributed by atoms with Crippen molar-refractivity contribution in [3.63, 3.8) is 0 Å². The minimum absolute atomic E-state index is 0.197. The summed E-state index contributed by atoms with van der Waals surface area (Å²) in [6.07, 6.45) is 3.06. The lowest BCUT2D eigenvalue weighted by atomic mass is 10.1. The molecule has 1 rings (SSSR count). The number of carboxylic acids is 1. The van der Waals surface area contributed by atoms with Gasteiger partial charge < -0.3 is 5.11 Å². The van der Waals surface area contributed by atoms with Gasteiger partial charge in [0.1, 0.15) is 6.33 Å². The first-order valence-electron chi connectivity index (χ1n) is 4.60. The lowest BCUT2D eigenvalue weighted by Gasteiger charge is -2.04. The number of aryl methyl sites for hydroxylation is 2. The van der Waals surface area contributed by atoms with Gasteiger partial charge in [-0.05, 0) is 32.3 Å². The highest BCUT2D eigenvalue weighted by molar-refractivity contribution is 5.66. The maximum atomic E-state index is 10.3. The van der Waals surface area contributed by atoms with E-state index in [1.54, 1.807) is 0 Å². The van der Waals surface area contributed by atoms with Gasteiger partial charge in [0.25, 0.3) is 0 Å². The van der Waals surface area contributed by atoms with Gasteiger partial charge in [0.05, 0.1) is 0 Å². The van der Waals surface area contributed by atoms with E-state index in [1.165, 1.54) is 6.33 Å². The number of rotatable bonds is 4. The molecule has 0 aliphatic heterocycles. The SMILES string of the molecule is Cc1ncnc(CCCC(=O)O)c1C. The van der Waals surface area contributed by atoms with Gasteiger partial charge in [-0.15, -0.1) is 0 Å². The average Bonchev–Trinajstić information content (AvgIpc) is 2.12. The Morgan fingerprint density at radius 3 is 2.79 bits per heavy atom. The number of carbonyl (C=O) groups is 1. The standard InChI is InChI=1S/C10H14N2O2/c1-7-8(2)11-6-12-9(7)4-3-5-10(13)14/h6H,3-5H2,1-2H3,(H,13,14). The molecule has 0 atom stereocenters. The first-order valence-corrected chi connectivity index (χ1v) is 4.60. The van der Waals surface area contributed by atoms with E-state index in [4.69, 9.17) is 5.11 Å². The predicted molar refractivity (Wildman–Crippen MR) is 52.1 cm³/mol. The molecule has 0 unspecified atom stereocenters. The van der Waals surface area contributed by atoms with E-state index in [-0.39, 0.29) is 6.42 Å². The van der Waals surface area contributed by atoms with Gasteiger partial charge in [-0.25, -0.2) is 9.97 Å². The molecule has 0 bridgehead atoms. The second-order valence-electron chi connectivity index (χ2n) is 3.28. The number of aliphatic carboxylic acids is 1. The van der Waals surface area contributed by atoms with E-state index < -0.39 is 5.97 Å². The Morgan fingerprint density at radius 2 is 2.14 bits per heavy atom. The first kappa shape index (κ1) is 10.6. The van der Waals surface area contributed by atoms with Crippen molar-refractivity contribution in [1.82, 2.24) is 9.97 Å². The molecule has 1 aromatic rings. The topological polar surface area (TPSA) is 63.1 Å². The maximum absolute atomic E-state index is 10.3. The van der Waals surface area contributed by atoms with Crippen molar-refractivity contribution >= 4 is 5.97 Å². The average molecular weight is 194 g/mol. The fraction of sp³-hybridized carbons (Fsp3) is 0.500. The lowest BCUT2D eigenvalue weighted by Crippen LogP contribution is -2.01. The minimum Gasteiger partial charge on any atom is -0.481 e. The summed E-state index contributed by atoms with van der Waals surface area (Å²) < 4.78 is 0. The molecule has 0 saturated carbocycles. The highest BCUT2D eigenvalue weighted by Crippen LogP contribution is 2.10. The molecule has 14 heavy (non-hydrogen) atoms. The number of hydrogen-bond acceptors (Lipinski definition) is 3. The van der Waals surface area contributed by atoms with Crippen LogP contribution in [0.25, 0.3) is 0 Å². The van der Waals surface area contributed by atoms with Crippen LogP contribution in [-0.4, -0.2) is 21.0 Å². The van der Waals surface area contributed by atoms with Crippen LogP contribution in [0.4, 0.5) is 0 Å². The van der Waals surface area contributed by atoms with E-state index >= 15 is 0 Å². The molecule has 1 heterocycles. The molecule has 1 N–H and O–H groups in total. The molecular weight excluding hydrogens is 180 g/mol. The summed E-state index contributed by atoms with van der Waals surface area (Å²) in [4.78, 5) is 18.5. The largest absolute Gasteiger partial charge is 0.481 e. The molecule has 0 aliphatic carbocycles. The normalized spacial score (nSPS) is 10.1. The summed E-state index contributed by atoms with van der Waals surface area (Å²) in [5, 5.41) is 8.48. The third kappa shape index (κ3) is 2.80. The zero-order valence-corrected chi connectivity index (χ0v) is 8.45. The molecule has 4 heteroatoms. The quantitative estimate of drug-likeness (QED) is 0.789. The van der Waals surface area contributed by atoms with Crippen LogP contribution in [0, 0.1) is 13.8 Å². The van der Waals surface area contributed by atoms with Crippen LogP contribution in [0.15, 0.2) is 6.33 Å². The van der Waals surface area contributed by atoms with Crippen molar-refractivity contribution < 1.29 is 9.90 Å². The number of carboxylic acid groups (broad SMARTS) is 1. The number of hydrogen-bond donors (Lipinski definition) is 1. The second kappa shape index (κ2) is 4.69. The molecule has 0 radical (unpaired) electrons. The third-order valence-electron chi connectivity index (χ3n) is 2.24. The Kier molecular flexibility index (Phi) is 3.56. The smallest absolute Gasteiger partial charge is 0.303 e. The van der Waals surface area contributed by atoms with Gasteiger partial charge in [-0.3, -0.25) is 4.79 Å². The summed E-state index contributed by atoms with van der Waals surface area (Å²) in [7, 11) is 0. The van der Waals surface area contributed by atoms with Gasteiger partial charge in [0.2, 0.25) is 0 Å². The van der Waals surface area contributed by atoms with Crippen LogP contribution in [0.3, 0.4) is 0 Å². The molecule has 0 spiro atoms. The molecule has 0 aliphatic rings. The molecule has 0 aromatic carbocycles. The van der Waals surface area contributed by atoms with Crippen LogP contribution in [0.5, 0.6) is 0 Å². The minimum atomic E-state index is -0.756. The van der Waals surface area contributed by atoms with Crippen LogP contribution in [0.2, 0.25) is 0 Å². The Hall–Kier alpha value is -1.45. The fourth-order valence-corrected chi connectivity index (χ4v) is 1.25. The Balaban J connectivity index is 2.59. The molecule has 0 fully saturated rings. The van der Waals surface area contributed by atoms with Crippen molar-refractivity contribution in [2.75, 3.05) is 0 Å². The van der Waals surface area contributed by atoms with E-state index in [0.29, 0.717) is 12.8 Å². The van der Waals surface area contributed by atoms with E-state index in [1.807, 2.05) is 13.8 Å². The molecule has 0 amide bonds. The van der Waals surface area contributed by atoms with Crippen LogP contribution >= 0.6 is 0 Å². The van der Waals surface area contributed by atoms with Gasteiger partial charge in [-0.1, -0.05) is 0 Å². The highest BCUT2D eigenvalue weighted by atomic mass is 16.4. The maximum Gasteiger partial charge on any atom is 0.303 e. The molecule has 76 valence electrons. The Morgan fingerprint density at radius 1 is 1.43 bits per heavy atom. The Labute approximate surface area is 83.0 Å². The zero-order chi connectivity index (χ0) is 10.6. The highest BCUT2D eigenvalue weighted by Gasteiger charge is 2.04. The van der Waals surface area contributed by atoms with E-state index in [9.17, 15) is 4.79 Å². The third-order valence-corrected chi connectivity index (χ3v) is 2.24. The van der Waals surface area contributed by atoms with Gasteiger partial charge in [0.15, 0.2) is 0 Å². The monoisotopic (exact) mass is 194 g/mol. The van der Waals surface area contributed by atoms with Crippen molar-refractivity contribution in [3.05, 3.63) is 23.3 Å². The van der Waals surface area contributed by atoms with Crippen molar-refractivity contribution in [3.8, 4) is 0 Å². The van der Waals surface area contributed by atoms with Gasteiger partial charge >= 0.3 is 5.97 Å². The molecular formula is C10H14N2O2. The molecule has 1 aromatic heterocycles. The summed E-state index contributed by atoms with van der Waals surface area (Å²) >= 11 is 0. The van der Waals surface area contributed by atoms with Gasteiger partial charge in [-0.2, -0.15) is 0 Å². The fourth-order valence-electron chi connectivity index (χ4n) is 1.25. The first-order chi connectivity index (χ1) is 6.61. The van der Waals surface area contributed by atoms with Crippen molar-refractivity contribution in [2.24, 2.45) is 0 Å². The summed E-state index contributed by atoms with van der Waals surface area (Å²) in [5.41, 5.74) is 2.99. The van der Waals surface area contributed by atoms with Crippen LogP contribution in [-0.2, 0) is 11.2 Å². The van der Waals surface area contributed by atoms with E-state index in [0.717, 1.165) is 17.0 Å². The van der Waals surface area contributed by atoms with Crippen LogP contribution in [0.1, 0.15) is 29.8 Å². The second-order valence-corrected chi connectivity index (χ2v) is 3.28. The number of aromatic nitrogens is 2. The van der Waals surface area contributed by atoms with Gasteiger partial charge in [0, 0.05) is 17.8 Å². The van der Waals surface area contributed by atoms with Crippen LogP contribution < -0.4 is 0 Å². The number of nitrogens with zero attached hydrogens (tertiary/aromatic N) is 2. The lowest BCUT2D eigenvalue weighted by molar-refractivity contribution is -0.137. The Bertz CT molecular complexity index is 337. The van der Waals surface area contributed by atoms with E-state index in [2.05, 4.69) is 9.97 Å². The summed E-state index contributed by atoms with van der Waals surface area (Å²) in [6.45, 7) is 3.89. The summed E-state index contributed by atoms with van der Waals surface area (Å²) in [6, 6.07) is 0.